The van der Waals surface area contributed by atoms with Crippen LogP contribution in [0.2, 0.25) is 0 Å². The second-order valence-corrected chi connectivity index (χ2v) is 1.92. The van der Waals surface area contributed by atoms with Gasteiger partial charge in [0.05, 0.1) is 11.3 Å². The Morgan fingerprint density at radius 3 is 2.82 bits per heavy atom. The number of halogens is 1. The van der Waals surface area contributed by atoms with Gasteiger partial charge in [0.1, 0.15) is 11.9 Å². The third-order valence-corrected chi connectivity index (χ3v) is 1.22. The molecule has 0 heterocycles. The zero-order chi connectivity index (χ0) is 8.27. The first-order valence-corrected chi connectivity index (χ1v) is 2.87. The minimum atomic E-state index is -0.591. The van der Waals surface area contributed by atoms with E-state index in [4.69, 9.17) is 10.5 Å². The van der Waals surface area contributed by atoms with E-state index < -0.39 is 5.82 Å². The van der Waals surface area contributed by atoms with E-state index in [1.165, 1.54) is 12.1 Å². The Morgan fingerprint density at radius 2 is 2.27 bits per heavy atom. The summed E-state index contributed by atoms with van der Waals surface area (Å²) < 4.78 is 12.6. The molecule has 0 radical (unpaired) electrons. The molecule has 0 aliphatic carbocycles. The van der Waals surface area contributed by atoms with Crippen LogP contribution in [0.4, 0.5) is 10.1 Å². The first kappa shape index (κ1) is 7.51. The van der Waals surface area contributed by atoms with Crippen molar-refractivity contribution < 1.29 is 9.60 Å². The molecule has 0 amide bonds. The fraction of sp³-hybridized carbons (Fsp3) is 0. The summed E-state index contributed by atoms with van der Waals surface area (Å²) in [6, 6.07) is 5.30. The van der Waals surface area contributed by atoms with Crippen molar-refractivity contribution in [3.8, 4) is 6.07 Å². The number of nitrogens with one attached hydrogen (secondary N) is 1. The Hall–Kier alpha value is -1.60. The third-order valence-electron chi connectivity index (χ3n) is 1.22. The van der Waals surface area contributed by atoms with Gasteiger partial charge >= 0.3 is 0 Å². The molecule has 0 saturated carbocycles. The Morgan fingerprint density at radius 1 is 1.55 bits per heavy atom. The second-order valence-electron chi connectivity index (χ2n) is 1.92. The number of hydrogen-bond acceptors (Lipinski definition) is 3. The Bertz CT molecular complexity index is 306. The van der Waals surface area contributed by atoms with Crippen LogP contribution in [-0.4, -0.2) is 5.21 Å². The maximum Gasteiger partial charge on any atom is 0.141 e. The van der Waals surface area contributed by atoms with Gasteiger partial charge in [0, 0.05) is 0 Å². The van der Waals surface area contributed by atoms with Crippen LogP contribution in [0.15, 0.2) is 18.2 Å². The van der Waals surface area contributed by atoms with E-state index in [1.807, 2.05) is 5.48 Å². The molecule has 0 fully saturated rings. The molecule has 3 nitrogen and oxygen atoms in total. The number of benzene rings is 1. The number of nitriles is 1. The molecule has 0 atom stereocenters. The van der Waals surface area contributed by atoms with Crippen LogP contribution in [0, 0.1) is 17.1 Å². The molecule has 0 spiro atoms. The van der Waals surface area contributed by atoms with Gasteiger partial charge < -0.3 is 0 Å². The van der Waals surface area contributed by atoms with Crippen LogP contribution in [0.1, 0.15) is 5.56 Å². The van der Waals surface area contributed by atoms with Crippen LogP contribution in [0.5, 0.6) is 0 Å². The monoisotopic (exact) mass is 152 g/mol. The highest BCUT2D eigenvalue weighted by Crippen LogP contribution is 2.12. The van der Waals surface area contributed by atoms with Crippen molar-refractivity contribution in [1.29, 1.82) is 5.26 Å². The lowest BCUT2D eigenvalue weighted by Gasteiger charge is -1.97. The van der Waals surface area contributed by atoms with E-state index in [0.717, 1.165) is 6.07 Å². The largest absolute Gasteiger partial charge is 0.291 e. The fourth-order valence-electron chi connectivity index (χ4n) is 0.681. The lowest BCUT2D eigenvalue weighted by Crippen LogP contribution is -1.91. The van der Waals surface area contributed by atoms with Crippen molar-refractivity contribution in [2.45, 2.75) is 0 Å². The number of anilines is 1. The fourth-order valence-corrected chi connectivity index (χ4v) is 0.681. The standard InChI is InChI=1S/C7H5FN2O/c8-7-2-1-6(10-11)3-5(7)4-9/h1-3,10-11H. The summed E-state index contributed by atoms with van der Waals surface area (Å²) in [6.45, 7) is 0. The molecular formula is C7H5FN2O. The van der Waals surface area contributed by atoms with Crippen LogP contribution in [0.3, 0.4) is 0 Å². The Kier molecular flexibility index (Phi) is 2.04. The van der Waals surface area contributed by atoms with Crippen LogP contribution in [0.25, 0.3) is 0 Å². The highest BCUT2D eigenvalue weighted by molar-refractivity contribution is 5.48. The predicted molar refractivity (Wildman–Crippen MR) is 36.5 cm³/mol. The van der Waals surface area contributed by atoms with Gasteiger partial charge in [-0.1, -0.05) is 0 Å². The van der Waals surface area contributed by atoms with Gasteiger partial charge in [-0.15, -0.1) is 0 Å². The van der Waals surface area contributed by atoms with Crippen molar-refractivity contribution in [1.82, 2.24) is 0 Å². The van der Waals surface area contributed by atoms with Gasteiger partial charge in [-0.3, -0.25) is 10.7 Å². The van der Waals surface area contributed by atoms with Gasteiger partial charge in [-0.2, -0.15) is 5.26 Å². The summed E-state index contributed by atoms with van der Waals surface area (Å²) in [5.74, 6) is -0.591. The molecule has 0 bridgehead atoms. The summed E-state index contributed by atoms with van der Waals surface area (Å²) in [7, 11) is 0. The van der Waals surface area contributed by atoms with Gasteiger partial charge in [-0.25, -0.2) is 4.39 Å². The summed E-state index contributed by atoms with van der Waals surface area (Å²) in [5, 5.41) is 16.7. The maximum atomic E-state index is 12.6. The molecule has 56 valence electrons. The van der Waals surface area contributed by atoms with E-state index in [9.17, 15) is 4.39 Å². The molecule has 0 aliphatic heterocycles. The van der Waals surface area contributed by atoms with E-state index in [-0.39, 0.29) is 5.56 Å². The number of hydrogen-bond donors (Lipinski definition) is 2. The summed E-state index contributed by atoms with van der Waals surface area (Å²) in [4.78, 5) is 0. The van der Waals surface area contributed by atoms with Crippen molar-refractivity contribution in [2.75, 3.05) is 5.48 Å². The van der Waals surface area contributed by atoms with E-state index >= 15 is 0 Å². The molecule has 1 aromatic rings. The highest BCUT2D eigenvalue weighted by Gasteiger charge is 2.00. The van der Waals surface area contributed by atoms with Crippen molar-refractivity contribution in [3.05, 3.63) is 29.6 Å². The van der Waals surface area contributed by atoms with E-state index in [2.05, 4.69) is 0 Å². The highest BCUT2D eigenvalue weighted by atomic mass is 19.1. The normalized spacial score (nSPS) is 8.82. The summed E-state index contributed by atoms with van der Waals surface area (Å²) in [6.07, 6.45) is 0. The average molecular weight is 152 g/mol. The lowest BCUT2D eigenvalue weighted by atomic mass is 10.2. The third kappa shape index (κ3) is 1.45. The van der Waals surface area contributed by atoms with Crippen LogP contribution in [-0.2, 0) is 0 Å². The summed E-state index contributed by atoms with van der Waals surface area (Å²) >= 11 is 0. The first-order chi connectivity index (χ1) is 5.27. The smallest absolute Gasteiger partial charge is 0.141 e. The van der Waals surface area contributed by atoms with Crippen LogP contribution < -0.4 is 5.48 Å². The molecule has 0 unspecified atom stereocenters. The number of nitrogens with zero attached hydrogens (tertiary/aromatic N) is 1. The lowest BCUT2D eigenvalue weighted by molar-refractivity contribution is 0.389. The van der Waals surface area contributed by atoms with Gasteiger partial charge in [0.25, 0.3) is 0 Å². The molecule has 1 aromatic carbocycles. The van der Waals surface area contributed by atoms with Crippen molar-refractivity contribution in [2.24, 2.45) is 0 Å². The molecule has 4 heteroatoms. The Labute approximate surface area is 62.7 Å². The first-order valence-electron chi connectivity index (χ1n) is 2.87. The maximum absolute atomic E-state index is 12.6. The zero-order valence-corrected chi connectivity index (χ0v) is 5.50. The summed E-state index contributed by atoms with van der Waals surface area (Å²) in [5.41, 5.74) is 2.01. The molecule has 0 aromatic heterocycles. The predicted octanol–water partition coefficient (Wildman–Crippen LogP) is 1.50. The molecule has 11 heavy (non-hydrogen) atoms. The topological polar surface area (TPSA) is 56.0 Å². The molecule has 1 rings (SSSR count). The van der Waals surface area contributed by atoms with Crippen molar-refractivity contribution in [3.63, 3.8) is 0 Å². The van der Waals surface area contributed by atoms with Gasteiger partial charge in [0.2, 0.25) is 0 Å². The van der Waals surface area contributed by atoms with Crippen LogP contribution >= 0.6 is 0 Å². The molecule has 0 saturated heterocycles. The minimum absolute atomic E-state index is 0.0935. The van der Waals surface area contributed by atoms with Gasteiger partial charge in [-0.05, 0) is 18.2 Å². The Balaban J connectivity index is 3.15. The molecule has 2 N–H and O–H groups in total. The average Bonchev–Trinajstić information content (AvgIpc) is 2.05. The molecular weight excluding hydrogens is 147 g/mol. The molecule has 0 aliphatic rings. The van der Waals surface area contributed by atoms with E-state index in [1.54, 1.807) is 6.07 Å². The number of rotatable bonds is 1. The zero-order valence-electron chi connectivity index (χ0n) is 5.50. The van der Waals surface area contributed by atoms with Crippen molar-refractivity contribution >= 4 is 5.69 Å². The minimum Gasteiger partial charge on any atom is -0.291 e. The second kappa shape index (κ2) is 2.99. The quantitative estimate of drug-likeness (QED) is 0.599. The van der Waals surface area contributed by atoms with Gasteiger partial charge in [0.15, 0.2) is 0 Å². The SMILES string of the molecule is N#Cc1cc(NO)ccc1F. The van der Waals surface area contributed by atoms with E-state index in [0.29, 0.717) is 5.69 Å².